The number of nitrogens with two attached hydrogens (primary N) is 1. The minimum Gasteiger partial charge on any atom is -0.327 e. The summed E-state index contributed by atoms with van der Waals surface area (Å²) in [6, 6.07) is 4.79. The standard InChI is InChI=1S/C10H13BrFN/c1-2-9(13)6-7-5-8(12)3-4-10(7)11/h3-5,9H,2,6,13H2,1H3. The van der Waals surface area contributed by atoms with Gasteiger partial charge in [0.1, 0.15) is 5.82 Å². The molecule has 0 bridgehead atoms. The molecule has 3 heteroatoms. The van der Waals surface area contributed by atoms with Gasteiger partial charge in [-0.2, -0.15) is 0 Å². The van der Waals surface area contributed by atoms with Crippen molar-refractivity contribution in [1.29, 1.82) is 0 Å². The lowest BCUT2D eigenvalue weighted by molar-refractivity contribution is 0.613. The van der Waals surface area contributed by atoms with E-state index in [1.165, 1.54) is 12.1 Å². The van der Waals surface area contributed by atoms with Gasteiger partial charge in [-0.3, -0.25) is 0 Å². The van der Waals surface area contributed by atoms with Crippen LogP contribution in [0.15, 0.2) is 22.7 Å². The quantitative estimate of drug-likeness (QED) is 0.871. The summed E-state index contributed by atoms with van der Waals surface area (Å²) >= 11 is 3.37. The summed E-state index contributed by atoms with van der Waals surface area (Å²) in [5.74, 6) is -0.207. The molecule has 0 fully saturated rings. The SMILES string of the molecule is CCC(N)Cc1cc(F)ccc1Br. The molecule has 0 saturated carbocycles. The van der Waals surface area contributed by atoms with Crippen molar-refractivity contribution in [1.82, 2.24) is 0 Å². The second kappa shape index (κ2) is 4.72. The maximum atomic E-state index is 12.8. The maximum Gasteiger partial charge on any atom is 0.123 e. The monoisotopic (exact) mass is 245 g/mol. The summed E-state index contributed by atoms with van der Waals surface area (Å²) in [5, 5.41) is 0. The lowest BCUT2D eigenvalue weighted by Gasteiger charge is -2.10. The van der Waals surface area contributed by atoms with Crippen LogP contribution in [0.4, 0.5) is 4.39 Å². The third-order valence-electron chi connectivity index (χ3n) is 2.01. The second-order valence-corrected chi connectivity index (χ2v) is 3.96. The van der Waals surface area contributed by atoms with Gasteiger partial charge in [-0.25, -0.2) is 4.39 Å². The Kier molecular flexibility index (Phi) is 3.88. The Morgan fingerprint density at radius 3 is 2.85 bits per heavy atom. The number of benzene rings is 1. The topological polar surface area (TPSA) is 26.0 Å². The lowest BCUT2D eigenvalue weighted by Crippen LogP contribution is -2.21. The van der Waals surface area contributed by atoms with Gasteiger partial charge in [0.15, 0.2) is 0 Å². The molecule has 1 rings (SSSR count). The Bertz CT molecular complexity index is 288. The van der Waals surface area contributed by atoms with Crippen molar-refractivity contribution >= 4 is 15.9 Å². The van der Waals surface area contributed by atoms with E-state index < -0.39 is 0 Å². The minimum atomic E-state index is -0.207. The molecule has 0 spiro atoms. The highest BCUT2D eigenvalue weighted by molar-refractivity contribution is 9.10. The van der Waals surface area contributed by atoms with Crippen molar-refractivity contribution in [2.45, 2.75) is 25.8 Å². The Morgan fingerprint density at radius 1 is 1.54 bits per heavy atom. The first-order valence-electron chi connectivity index (χ1n) is 4.33. The molecule has 0 aliphatic heterocycles. The second-order valence-electron chi connectivity index (χ2n) is 3.11. The van der Waals surface area contributed by atoms with Gasteiger partial charge in [-0.05, 0) is 36.6 Å². The highest BCUT2D eigenvalue weighted by atomic mass is 79.9. The first-order chi connectivity index (χ1) is 6.13. The van der Waals surface area contributed by atoms with Crippen molar-refractivity contribution in [3.63, 3.8) is 0 Å². The molecule has 1 unspecified atom stereocenters. The van der Waals surface area contributed by atoms with E-state index in [0.717, 1.165) is 22.9 Å². The number of hydrogen-bond acceptors (Lipinski definition) is 1. The van der Waals surface area contributed by atoms with Crippen molar-refractivity contribution < 1.29 is 4.39 Å². The van der Waals surface area contributed by atoms with Crippen molar-refractivity contribution in [2.75, 3.05) is 0 Å². The van der Waals surface area contributed by atoms with Crippen molar-refractivity contribution in [3.8, 4) is 0 Å². The Balaban J connectivity index is 2.81. The molecule has 0 radical (unpaired) electrons. The van der Waals surface area contributed by atoms with E-state index in [0.29, 0.717) is 0 Å². The molecule has 1 aromatic rings. The molecule has 0 saturated heterocycles. The van der Waals surface area contributed by atoms with E-state index in [-0.39, 0.29) is 11.9 Å². The van der Waals surface area contributed by atoms with Crippen LogP contribution in [0.1, 0.15) is 18.9 Å². The molecule has 0 aromatic heterocycles. The smallest absolute Gasteiger partial charge is 0.123 e. The summed E-state index contributed by atoms with van der Waals surface area (Å²) in [4.78, 5) is 0. The highest BCUT2D eigenvalue weighted by Crippen LogP contribution is 2.19. The molecule has 1 aromatic carbocycles. The van der Waals surface area contributed by atoms with Crippen LogP contribution < -0.4 is 5.73 Å². The fourth-order valence-electron chi connectivity index (χ4n) is 1.13. The van der Waals surface area contributed by atoms with Crippen LogP contribution in [0.2, 0.25) is 0 Å². The molecule has 0 heterocycles. The molecule has 13 heavy (non-hydrogen) atoms. The van der Waals surface area contributed by atoms with Gasteiger partial charge in [0.25, 0.3) is 0 Å². The third kappa shape index (κ3) is 3.08. The van der Waals surface area contributed by atoms with Crippen LogP contribution in [0.5, 0.6) is 0 Å². The maximum absolute atomic E-state index is 12.8. The predicted molar refractivity (Wildman–Crippen MR) is 56.1 cm³/mol. The molecule has 1 atom stereocenters. The molecule has 0 aliphatic rings. The predicted octanol–water partition coefficient (Wildman–Crippen LogP) is 2.87. The number of hydrogen-bond donors (Lipinski definition) is 1. The normalized spacial score (nSPS) is 12.9. The van der Waals surface area contributed by atoms with Crippen LogP contribution in [0.3, 0.4) is 0 Å². The van der Waals surface area contributed by atoms with Gasteiger partial charge in [-0.15, -0.1) is 0 Å². The largest absolute Gasteiger partial charge is 0.327 e. The van der Waals surface area contributed by atoms with E-state index >= 15 is 0 Å². The molecule has 72 valence electrons. The van der Waals surface area contributed by atoms with Gasteiger partial charge in [0, 0.05) is 10.5 Å². The zero-order valence-corrected chi connectivity index (χ0v) is 9.14. The fourth-order valence-corrected chi connectivity index (χ4v) is 1.54. The first-order valence-corrected chi connectivity index (χ1v) is 5.12. The summed E-state index contributed by atoms with van der Waals surface area (Å²) in [7, 11) is 0. The van der Waals surface area contributed by atoms with Crippen molar-refractivity contribution in [2.24, 2.45) is 5.73 Å². The number of halogens is 2. The Hall–Kier alpha value is -0.410. The first kappa shape index (κ1) is 10.7. The molecular formula is C10H13BrFN. The van der Waals surface area contributed by atoms with Crippen LogP contribution in [0, 0.1) is 5.82 Å². The van der Waals surface area contributed by atoms with E-state index in [2.05, 4.69) is 15.9 Å². The van der Waals surface area contributed by atoms with Crippen LogP contribution >= 0.6 is 15.9 Å². The summed E-state index contributed by atoms with van der Waals surface area (Å²) in [5.41, 5.74) is 6.72. The van der Waals surface area contributed by atoms with Gasteiger partial charge in [-0.1, -0.05) is 22.9 Å². The summed E-state index contributed by atoms with van der Waals surface area (Å²) in [6.07, 6.45) is 1.62. The van der Waals surface area contributed by atoms with E-state index in [4.69, 9.17) is 5.73 Å². The lowest BCUT2D eigenvalue weighted by atomic mass is 10.0. The summed E-state index contributed by atoms with van der Waals surface area (Å²) < 4.78 is 13.8. The van der Waals surface area contributed by atoms with Crippen LogP contribution in [-0.4, -0.2) is 6.04 Å². The van der Waals surface area contributed by atoms with E-state index in [9.17, 15) is 4.39 Å². The van der Waals surface area contributed by atoms with E-state index in [1.54, 1.807) is 6.07 Å². The molecule has 0 aliphatic carbocycles. The van der Waals surface area contributed by atoms with Gasteiger partial charge >= 0.3 is 0 Å². The Labute approximate surface area is 86.3 Å². The molecular weight excluding hydrogens is 233 g/mol. The van der Waals surface area contributed by atoms with Crippen LogP contribution in [-0.2, 0) is 6.42 Å². The average molecular weight is 246 g/mol. The zero-order chi connectivity index (χ0) is 9.84. The zero-order valence-electron chi connectivity index (χ0n) is 7.56. The Morgan fingerprint density at radius 2 is 2.23 bits per heavy atom. The molecule has 2 N–H and O–H groups in total. The fraction of sp³-hybridized carbons (Fsp3) is 0.400. The average Bonchev–Trinajstić information content (AvgIpc) is 2.11. The number of rotatable bonds is 3. The van der Waals surface area contributed by atoms with Gasteiger partial charge in [0.05, 0.1) is 0 Å². The highest BCUT2D eigenvalue weighted by Gasteiger charge is 2.05. The minimum absolute atomic E-state index is 0.109. The summed E-state index contributed by atoms with van der Waals surface area (Å²) in [6.45, 7) is 2.03. The molecule has 0 amide bonds. The van der Waals surface area contributed by atoms with Crippen LogP contribution in [0.25, 0.3) is 0 Å². The third-order valence-corrected chi connectivity index (χ3v) is 2.79. The van der Waals surface area contributed by atoms with Gasteiger partial charge in [0.2, 0.25) is 0 Å². The molecule has 1 nitrogen and oxygen atoms in total. The van der Waals surface area contributed by atoms with E-state index in [1.807, 2.05) is 6.92 Å². The van der Waals surface area contributed by atoms with Gasteiger partial charge < -0.3 is 5.73 Å². The van der Waals surface area contributed by atoms with Crippen molar-refractivity contribution in [3.05, 3.63) is 34.1 Å².